The van der Waals surface area contributed by atoms with Crippen LogP contribution in [0.1, 0.15) is 62.8 Å². The maximum absolute atomic E-state index is 12.9. The Morgan fingerprint density at radius 2 is 2.14 bits per heavy atom. The molecule has 4 heteroatoms. The minimum absolute atomic E-state index is 0.00469. The maximum Gasteiger partial charge on any atom is 0.228 e. The highest BCUT2D eigenvalue weighted by molar-refractivity contribution is 7.10. The molecule has 0 spiro atoms. The number of carbonyl (C=O) groups is 1. The Labute approximate surface area is 131 Å². The highest BCUT2D eigenvalue weighted by Gasteiger charge is 2.44. The second kappa shape index (κ2) is 6.09. The highest BCUT2D eigenvalue weighted by Crippen LogP contribution is 2.41. The van der Waals surface area contributed by atoms with Gasteiger partial charge in [-0.3, -0.25) is 4.79 Å². The number of amides is 1. The molecule has 0 bridgehead atoms. The SMILES string of the molecule is CC1(C(=O)NC(c2cccs2)C2CCCC2)CCCC1N. The van der Waals surface area contributed by atoms with Crippen molar-refractivity contribution in [2.45, 2.75) is 64.0 Å². The third-order valence-electron chi connectivity index (χ3n) is 5.56. The summed E-state index contributed by atoms with van der Waals surface area (Å²) in [6.07, 6.45) is 7.99. The van der Waals surface area contributed by atoms with E-state index in [4.69, 9.17) is 5.73 Å². The summed E-state index contributed by atoms with van der Waals surface area (Å²) in [5.41, 5.74) is 5.82. The van der Waals surface area contributed by atoms with E-state index >= 15 is 0 Å². The molecule has 2 aliphatic carbocycles. The van der Waals surface area contributed by atoms with Crippen LogP contribution >= 0.6 is 11.3 Å². The molecule has 0 radical (unpaired) electrons. The predicted molar refractivity (Wildman–Crippen MR) is 87.1 cm³/mol. The van der Waals surface area contributed by atoms with Gasteiger partial charge in [0.2, 0.25) is 5.91 Å². The standard InChI is InChI=1S/C17H26N2OS/c1-17(10-4-9-14(17)18)16(20)19-15(12-6-2-3-7-12)13-8-5-11-21-13/h5,8,11-12,14-15H,2-4,6-7,9-10,18H2,1H3,(H,19,20). The summed E-state index contributed by atoms with van der Waals surface area (Å²) in [4.78, 5) is 14.2. The summed E-state index contributed by atoms with van der Waals surface area (Å²) in [6, 6.07) is 4.43. The molecule has 0 aliphatic heterocycles. The van der Waals surface area contributed by atoms with Crippen molar-refractivity contribution in [3.05, 3.63) is 22.4 Å². The largest absolute Gasteiger partial charge is 0.348 e. The molecule has 21 heavy (non-hydrogen) atoms. The van der Waals surface area contributed by atoms with E-state index in [0.717, 1.165) is 19.3 Å². The zero-order valence-electron chi connectivity index (χ0n) is 12.8. The third-order valence-corrected chi connectivity index (χ3v) is 6.51. The van der Waals surface area contributed by atoms with Gasteiger partial charge in [-0.15, -0.1) is 11.3 Å². The quantitative estimate of drug-likeness (QED) is 0.892. The summed E-state index contributed by atoms with van der Waals surface area (Å²) >= 11 is 1.76. The maximum atomic E-state index is 12.9. The van der Waals surface area contributed by atoms with Crippen molar-refractivity contribution in [2.75, 3.05) is 0 Å². The molecular formula is C17H26N2OS. The molecule has 1 aromatic rings. The zero-order chi connectivity index (χ0) is 14.9. The van der Waals surface area contributed by atoms with Gasteiger partial charge in [0, 0.05) is 10.9 Å². The van der Waals surface area contributed by atoms with Crippen molar-refractivity contribution in [1.82, 2.24) is 5.32 Å². The molecule has 3 unspecified atom stereocenters. The first kappa shape index (κ1) is 15.0. The number of thiophene rings is 1. The number of hydrogen-bond donors (Lipinski definition) is 2. The fourth-order valence-electron chi connectivity index (χ4n) is 3.96. The van der Waals surface area contributed by atoms with Crippen LogP contribution in [0.3, 0.4) is 0 Å². The van der Waals surface area contributed by atoms with Gasteiger partial charge in [-0.1, -0.05) is 25.3 Å². The van der Waals surface area contributed by atoms with Crippen LogP contribution in [0.5, 0.6) is 0 Å². The monoisotopic (exact) mass is 306 g/mol. The summed E-state index contributed by atoms with van der Waals surface area (Å²) < 4.78 is 0. The van der Waals surface area contributed by atoms with Crippen molar-refractivity contribution in [3.63, 3.8) is 0 Å². The molecule has 2 aliphatic rings. The summed E-state index contributed by atoms with van der Waals surface area (Å²) in [7, 11) is 0. The van der Waals surface area contributed by atoms with Gasteiger partial charge in [-0.2, -0.15) is 0 Å². The molecule has 3 atom stereocenters. The number of hydrogen-bond acceptors (Lipinski definition) is 3. The molecular weight excluding hydrogens is 280 g/mol. The molecule has 2 fully saturated rings. The Bertz CT molecular complexity index is 481. The van der Waals surface area contributed by atoms with Crippen molar-refractivity contribution in [2.24, 2.45) is 17.1 Å². The molecule has 1 amide bonds. The van der Waals surface area contributed by atoms with Gasteiger partial charge in [0.1, 0.15) is 0 Å². The van der Waals surface area contributed by atoms with E-state index in [0.29, 0.717) is 5.92 Å². The van der Waals surface area contributed by atoms with E-state index < -0.39 is 0 Å². The lowest BCUT2D eigenvalue weighted by atomic mass is 9.83. The summed E-state index contributed by atoms with van der Waals surface area (Å²) in [5.74, 6) is 0.756. The number of carbonyl (C=O) groups excluding carboxylic acids is 1. The molecule has 1 heterocycles. The van der Waals surface area contributed by atoms with Crippen LogP contribution in [0.15, 0.2) is 17.5 Å². The topological polar surface area (TPSA) is 55.1 Å². The lowest BCUT2D eigenvalue weighted by Crippen LogP contribution is -2.49. The van der Waals surface area contributed by atoms with E-state index in [9.17, 15) is 4.79 Å². The number of rotatable bonds is 4. The van der Waals surface area contributed by atoms with Crippen LogP contribution in [0.25, 0.3) is 0 Å². The number of nitrogens with one attached hydrogen (secondary N) is 1. The zero-order valence-corrected chi connectivity index (χ0v) is 13.6. The third kappa shape index (κ3) is 2.88. The molecule has 1 aromatic heterocycles. The van der Waals surface area contributed by atoms with E-state index in [-0.39, 0.29) is 23.4 Å². The van der Waals surface area contributed by atoms with E-state index in [1.807, 2.05) is 6.92 Å². The molecule has 0 aromatic carbocycles. The smallest absolute Gasteiger partial charge is 0.228 e. The lowest BCUT2D eigenvalue weighted by Gasteiger charge is -2.32. The Kier molecular flexibility index (Phi) is 4.36. The lowest BCUT2D eigenvalue weighted by molar-refractivity contribution is -0.131. The Hall–Kier alpha value is -0.870. The van der Waals surface area contributed by atoms with Crippen molar-refractivity contribution in [3.8, 4) is 0 Å². The van der Waals surface area contributed by atoms with Gasteiger partial charge < -0.3 is 11.1 Å². The van der Waals surface area contributed by atoms with E-state index in [1.165, 1.54) is 30.6 Å². The van der Waals surface area contributed by atoms with Crippen LogP contribution in [-0.4, -0.2) is 11.9 Å². The average molecular weight is 306 g/mol. The second-order valence-corrected chi connectivity index (χ2v) is 7.91. The summed E-state index contributed by atoms with van der Waals surface area (Å²) in [6.45, 7) is 2.04. The van der Waals surface area contributed by atoms with Crippen LogP contribution in [0.4, 0.5) is 0 Å². The van der Waals surface area contributed by atoms with Gasteiger partial charge in [0.15, 0.2) is 0 Å². The van der Waals surface area contributed by atoms with Gasteiger partial charge >= 0.3 is 0 Å². The van der Waals surface area contributed by atoms with E-state index in [2.05, 4.69) is 22.8 Å². The van der Waals surface area contributed by atoms with Gasteiger partial charge in [-0.25, -0.2) is 0 Å². The molecule has 0 saturated heterocycles. The second-order valence-electron chi connectivity index (χ2n) is 6.93. The van der Waals surface area contributed by atoms with Gasteiger partial charge in [0.05, 0.1) is 11.5 Å². The van der Waals surface area contributed by atoms with Crippen LogP contribution in [-0.2, 0) is 4.79 Å². The molecule has 3 nitrogen and oxygen atoms in total. The fourth-order valence-corrected chi connectivity index (χ4v) is 4.83. The Balaban J connectivity index is 1.76. The van der Waals surface area contributed by atoms with Crippen LogP contribution < -0.4 is 11.1 Å². The highest BCUT2D eigenvalue weighted by atomic mass is 32.1. The Morgan fingerprint density at radius 3 is 2.71 bits per heavy atom. The number of nitrogens with two attached hydrogens (primary N) is 1. The molecule has 2 saturated carbocycles. The minimum Gasteiger partial charge on any atom is -0.348 e. The van der Waals surface area contributed by atoms with Crippen molar-refractivity contribution >= 4 is 17.2 Å². The normalized spacial score (nSPS) is 31.4. The van der Waals surface area contributed by atoms with Gasteiger partial charge in [-0.05, 0) is 50.0 Å². The van der Waals surface area contributed by atoms with E-state index in [1.54, 1.807) is 11.3 Å². The van der Waals surface area contributed by atoms with Crippen LogP contribution in [0.2, 0.25) is 0 Å². The first-order valence-corrected chi connectivity index (χ1v) is 9.09. The summed E-state index contributed by atoms with van der Waals surface area (Å²) in [5, 5.41) is 5.47. The molecule has 3 N–H and O–H groups in total. The van der Waals surface area contributed by atoms with Crippen LogP contribution in [0, 0.1) is 11.3 Å². The first-order chi connectivity index (χ1) is 10.1. The molecule has 116 valence electrons. The average Bonchev–Trinajstić information content (AvgIpc) is 3.19. The van der Waals surface area contributed by atoms with Crippen molar-refractivity contribution in [1.29, 1.82) is 0 Å². The predicted octanol–water partition coefficient (Wildman–Crippen LogP) is 3.61. The van der Waals surface area contributed by atoms with Gasteiger partial charge in [0.25, 0.3) is 0 Å². The fraction of sp³-hybridized carbons (Fsp3) is 0.706. The Morgan fingerprint density at radius 1 is 1.38 bits per heavy atom. The van der Waals surface area contributed by atoms with Crippen molar-refractivity contribution < 1.29 is 4.79 Å². The molecule has 3 rings (SSSR count). The minimum atomic E-state index is -0.381. The first-order valence-electron chi connectivity index (χ1n) is 8.21.